The summed E-state index contributed by atoms with van der Waals surface area (Å²) in [5.41, 5.74) is 12.6. The van der Waals surface area contributed by atoms with E-state index in [1.807, 2.05) is 5.38 Å². The second kappa shape index (κ2) is 5.23. The lowest BCUT2D eigenvalue weighted by atomic mass is 10.2. The third-order valence-electron chi connectivity index (χ3n) is 2.52. The van der Waals surface area contributed by atoms with Crippen molar-refractivity contribution >= 4 is 33.9 Å². The molecular weight excluding hydrogens is 262 g/mol. The standard InChI is InChI=1S/C12H15N5OS/c1-6(2)9-5-19-12(16-9)17-11-7(13)3-4-8(15-11)10(14)18/h3-6H,13H2,1-2H3,(H2,14,18)(H,15,16,17). The van der Waals surface area contributed by atoms with Crippen molar-refractivity contribution < 1.29 is 4.79 Å². The summed E-state index contributed by atoms with van der Waals surface area (Å²) in [6.45, 7) is 4.14. The highest BCUT2D eigenvalue weighted by atomic mass is 32.1. The molecule has 0 fully saturated rings. The van der Waals surface area contributed by atoms with Crippen LogP contribution in [0.3, 0.4) is 0 Å². The van der Waals surface area contributed by atoms with Gasteiger partial charge in [-0.1, -0.05) is 13.8 Å². The molecule has 2 aromatic rings. The molecule has 2 heterocycles. The molecule has 5 N–H and O–H groups in total. The van der Waals surface area contributed by atoms with Gasteiger partial charge in [-0.15, -0.1) is 11.3 Å². The van der Waals surface area contributed by atoms with E-state index < -0.39 is 5.91 Å². The number of rotatable bonds is 4. The predicted octanol–water partition coefficient (Wildman–Crippen LogP) is 2.09. The van der Waals surface area contributed by atoms with Crippen molar-refractivity contribution in [3.63, 3.8) is 0 Å². The molecule has 0 atom stereocenters. The van der Waals surface area contributed by atoms with E-state index in [0.29, 0.717) is 22.6 Å². The van der Waals surface area contributed by atoms with Gasteiger partial charge in [-0.25, -0.2) is 9.97 Å². The van der Waals surface area contributed by atoms with Crippen molar-refractivity contribution in [1.29, 1.82) is 0 Å². The number of thiazole rings is 1. The lowest BCUT2D eigenvalue weighted by molar-refractivity contribution is 0.0996. The fourth-order valence-electron chi connectivity index (χ4n) is 1.42. The van der Waals surface area contributed by atoms with E-state index in [4.69, 9.17) is 11.5 Å². The highest BCUT2D eigenvalue weighted by Crippen LogP contribution is 2.26. The number of primary amides is 1. The number of pyridine rings is 1. The first-order valence-electron chi connectivity index (χ1n) is 5.76. The number of hydrogen-bond acceptors (Lipinski definition) is 6. The summed E-state index contributed by atoms with van der Waals surface area (Å²) < 4.78 is 0. The van der Waals surface area contributed by atoms with Crippen LogP contribution in [0.2, 0.25) is 0 Å². The van der Waals surface area contributed by atoms with Gasteiger partial charge in [0.25, 0.3) is 5.91 Å². The van der Waals surface area contributed by atoms with Crippen LogP contribution in [0.1, 0.15) is 35.9 Å². The summed E-state index contributed by atoms with van der Waals surface area (Å²) in [5, 5.41) is 5.66. The first-order chi connectivity index (χ1) is 8.97. The van der Waals surface area contributed by atoms with E-state index in [1.54, 1.807) is 6.07 Å². The number of carbonyl (C=O) groups excluding carboxylic acids is 1. The SMILES string of the molecule is CC(C)c1csc(Nc2nc(C(N)=O)ccc2N)n1. The minimum Gasteiger partial charge on any atom is -0.396 e. The lowest BCUT2D eigenvalue weighted by Crippen LogP contribution is -2.14. The van der Waals surface area contributed by atoms with E-state index >= 15 is 0 Å². The molecule has 0 saturated carbocycles. The summed E-state index contributed by atoms with van der Waals surface area (Å²) in [7, 11) is 0. The summed E-state index contributed by atoms with van der Waals surface area (Å²) in [6.07, 6.45) is 0. The second-order valence-corrected chi connectivity index (χ2v) is 5.21. The zero-order valence-electron chi connectivity index (χ0n) is 10.7. The number of nitrogens with zero attached hydrogens (tertiary/aromatic N) is 2. The maximum absolute atomic E-state index is 11.1. The quantitative estimate of drug-likeness (QED) is 0.793. The summed E-state index contributed by atoms with van der Waals surface area (Å²) in [4.78, 5) is 19.6. The highest BCUT2D eigenvalue weighted by molar-refractivity contribution is 7.13. The first-order valence-corrected chi connectivity index (χ1v) is 6.64. The maximum Gasteiger partial charge on any atom is 0.267 e. The number of nitrogen functional groups attached to an aromatic ring is 1. The van der Waals surface area contributed by atoms with Gasteiger partial charge < -0.3 is 16.8 Å². The Balaban J connectivity index is 2.26. The minimum absolute atomic E-state index is 0.164. The van der Waals surface area contributed by atoms with Crippen LogP contribution in [0.4, 0.5) is 16.6 Å². The van der Waals surface area contributed by atoms with Crippen molar-refractivity contribution in [2.24, 2.45) is 5.73 Å². The summed E-state index contributed by atoms with van der Waals surface area (Å²) >= 11 is 1.46. The van der Waals surface area contributed by atoms with E-state index in [9.17, 15) is 4.79 Å². The number of amides is 1. The van der Waals surface area contributed by atoms with E-state index in [2.05, 4.69) is 29.1 Å². The Morgan fingerprint density at radius 2 is 2.11 bits per heavy atom. The lowest BCUT2D eigenvalue weighted by Gasteiger charge is -2.06. The zero-order valence-corrected chi connectivity index (χ0v) is 11.5. The molecule has 0 aliphatic rings. The molecule has 6 nitrogen and oxygen atoms in total. The molecule has 2 aromatic heterocycles. The Kier molecular flexibility index (Phi) is 3.66. The first kappa shape index (κ1) is 13.3. The third kappa shape index (κ3) is 3.00. The number of aromatic nitrogens is 2. The van der Waals surface area contributed by atoms with Crippen LogP contribution >= 0.6 is 11.3 Å². The van der Waals surface area contributed by atoms with Gasteiger partial charge in [0.2, 0.25) is 0 Å². The summed E-state index contributed by atoms with van der Waals surface area (Å²) in [5.74, 6) is 0.153. The average molecular weight is 277 g/mol. The Bertz CT molecular complexity index is 608. The predicted molar refractivity (Wildman–Crippen MR) is 76.7 cm³/mol. The molecule has 100 valence electrons. The minimum atomic E-state index is -0.593. The molecule has 19 heavy (non-hydrogen) atoms. The fraction of sp³-hybridized carbons (Fsp3) is 0.250. The largest absolute Gasteiger partial charge is 0.396 e. The fourth-order valence-corrected chi connectivity index (χ4v) is 2.29. The highest BCUT2D eigenvalue weighted by Gasteiger charge is 2.10. The Morgan fingerprint density at radius 1 is 1.37 bits per heavy atom. The topological polar surface area (TPSA) is 107 Å². The van der Waals surface area contributed by atoms with Gasteiger partial charge in [0.15, 0.2) is 10.9 Å². The van der Waals surface area contributed by atoms with Crippen molar-refractivity contribution in [2.75, 3.05) is 11.1 Å². The van der Waals surface area contributed by atoms with Gasteiger partial charge >= 0.3 is 0 Å². The van der Waals surface area contributed by atoms with Crippen LogP contribution in [0, 0.1) is 0 Å². The number of anilines is 3. The molecule has 0 aromatic carbocycles. The van der Waals surface area contributed by atoms with E-state index in [1.165, 1.54) is 17.4 Å². The van der Waals surface area contributed by atoms with Crippen molar-refractivity contribution in [2.45, 2.75) is 19.8 Å². The molecule has 0 saturated heterocycles. The summed E-state index contributed by atoms with van der Waals surface area (Å²) in [6, 6.07) is 3.08. The molecule has 0 radical (unpaired) electrons. The molecule has 2 rings (SSSR count). The Hall–Kier alpha value is -2.15. The normalized spacial score (nSPS) is 10.7. The molecule has 1 amide bonds. The monoisotopic (exact) mass is 277 g/mol. The number of carbonyl (C=O) groups is 1. The second-order valence-electron chi connectivity index (χ2n) is 4.36. The number of hydrogen-bond donors (Lipinski definition) is 3. The smallest absolute Gasteiger partial charge is 0.267 e. The van der Waals surface area contributed by atoms with E-state index in [-0.39, 0.29) is 5.69 Å². The van der Waals surface area contributed by atoms with Crippen molar-refractivity contribution in [3.8, 4) is 0 Å². The van der Waals surface area contributed by atoms with Crippen LogP contribution < -0.4 is 16.8 Å². The Morgan fingerprint density at radius 3 is 2.68 bits per heavy atom. The molecule has 0 aliphatic carbocycles. The molecule has 0 spiro atoms. The van der Waals surface area contributed by atoms with Crippen LogP contribution in [0.5, 0.6) is 0 Å². The molecule has 0 unspecified atom stereocenters. The van der Waals surface area contributed by atoms with Crippen molar-refractivity contribution in [3.05, 3.63) is 28.9 Å². The van der Waals surface area contributed by atoms with Gasteiger partial charge in [0.1, 0.15) is 5.69 Å². The van der Waals surface area contributed by atoms with Crippen molar-refractivity contribution in [1.82, 2.24) is 9.97 Å². The van der Waals surface area contributed by atoms with Crippen LogP contribution in [0.25, 0.3) is 0 Å². The van der Waals surface area contributed by atoms with Gasteiger partial charge in [-0.05, 0) is 18.1 Å². The van der Waals surface area contributed by atoms with E-state index in [0.717, 1.165) is 5.69 Å². The third-order valence-corrected chi connectivity index (χ3v) is 3.29. The zero-order chi connectivity index (χ0) is 14.0. The Labute approximate surface area is 114 Å². The van der Waals surface area contributed by atoms with Gasteiger partial charge in [0, 0.05) is 5.38 Å². The van der Waals surface area contributed by atoms with Crippen LogP contribution in [-0.4, -0.2) is 15.9 Å². The maximum atomic E-state index is 11.1. The van der Waals surface area contributed by atoms with Gasteiger partial charge in [-0.3, -0.25) is 4.79 Å². The van der Waals surface area contributed by atoms with Gasteiger partial charge in [-0.2, -0.15) is 0 Å². The van der Waals surface area contributed by atoms with Crippen LogP contribution in [0.15, 0.2) is 17.5 Å². The molecular formula is C12H15N5OS. The molecule has 0 aliphatic heterocycles. The molecule has 0 bridgehead atoms. The number of nitrogens with two attached hydrogens (primary N) is 2. The number of nitrogens with one attached hydrogen (secondary N) is 1. The average Bonchev–Trinajstić information content (AvgIpc) is 2.80. The molecule has 7 heteroatoms. The van der Waals surface area contributed by atoms with Crippen LogP contribution in [-0.2, 0) is 0 Å². The van der Waals surface area contributed by atoms with Gasteiger partial charge in [0.05, 0.1) is 11.4 Å².